The van der Waals surface area contributed by atoms with Gasteiger partial charge in [-0.1, -0.05) is 29.3 Å². The van der Waals surface area contributed by atoms with Gasteiger partial charge in [0, 0.05) is 10.3 Å². The first-order chi connectivity index (χ1) is 13.3. The van der Waals surface area contributed by atoms with Crippen molar-refractivity contribution < 1.29 is 15.0 Å². The Bertz CT molecular complexity index is 796. The number of carboxylic acids is 1. The monoisotopic (exact) mass is 420 g/mol. The lowest BCUT2D eigenvalue weighted by Gasteiger charge is -2.23. The van der Waals surface area contributed by atoms with Gasteiger partial charge in [-0.25, -0.2) is 4.79 Å². The van der Waals surface area contributed by atoms with Crippen LogP contribution in [0.1, 0.15) is 56.9 Å². The molecule has 0 bridgehead atoms. The predicted molar refractivity (Wildman–Crippen MR) is 116 cm³/mol. The summed E-state index contributed by atoms with van der Waals surface area (Å²) in [6, 6.07) is 10.2. The number of rotatable bonds is 8. The number of carbonyl (C=O) groups is 1. The number of thiophene rings is 1. The standard InChI is InChI=1S/C23H29ClO3S/c1-14-10-15(2)12-16(11-14)6-8-19-18(20(24)13-21(19)25)5-3-4-17-7-9-22(28-17)23(26)27/h7,9-12,18-21,25H,3-6,8,13H2,1-2H3,(H,26,27)/t18-,19-,20?,21-/m1/s1. The summed E-state index contributed by atoms with van der Waals surface area (Å²) in [6.45, 7) is 4.25. The van der Waals surface area contributed by atoms with Crippen LogP contribution in [0.25, 0.3) is 0 Å². The maximum absolute atomic E-state index is 11.0. The SMILES string of the molecule is Cc1cc(C)cc(CC[C@H]2[C@H](O)CC(Cl)[C@@H]2CCCc2ccc(C(=O)O)s2)c1. The fourth-order valence-electron chi connectivity index (χ4n) is 4.62. The third-order valence-electron chi connectivity index (χ3n) is 5.86. The summed E-state index contributed by atoms with van der Waals surface area (Å²) in [7, 11) is 0. The highest BCUT2D eigenvalue weighted by Crippen LogP contribution is 2.41. The Hall–Kier alpha value is -1.36. The van der Waals surface area contributed by atoms with E-state index in [1.54, 1.807) is 6.07 Å². The third-order valence-corrected chi connectivity index (χ3v) is 7.49. The molecule has 5 heteroatoms. The van der Waals surface area contributed by atoms with Crippen LogP contribution in [-0.4, -0.2) is 27.7 Å². The number of benzene rings is 1. The van der Waals surface area contributed by atoms with Gasteiger partial charge in [0.05, 0.1) is 6.10 Å². The molecule has 3 rings (SSSR count). The van der Waals surface area contributed by atoms with Gasteiger partial charge in [-0.2, -0.15) is 0 Å². The highest BCUT2D eigenvalue weighted by molar-refractivity contribution is 7.13. The Morgan fingerprint density at radius 2 is 1.82 bits per heavy atom. The molecule has 1 aliphatic carbocycles. The van der Waals surface area contributed by atoms with Crippen LogP contribution >= 0.6 is 22.9 Å². The van der Waals surface area contributed by atoms with Crippen molar-refractivity contribution in [3.8, 4) is 0 Å². The van der Waals surface area contributed by atoms with Gasteiger partial charge in [0.2, 0.25) is 0 Å². The molecule has 152 valence electrons. The number of carboxylic acid groups (broad SMARTS) is 1. The molecule has 0 amide bonds. The van der Waals surface area contributed by atoms with E-state index in [1.165, 1.54) is 28.0 Å². The van der Waals surface area contributed by atoms with Crippen molar-refractivity contribution >= 4 is 28.9 Å². The number of aromatic carboxylic acids is 1. The molecular weight excluding hydrogens is 392 g/mol. The third kappa shape index (κ3) is 5.37. The van der Waals surface area contributed by atoms with Crippen LogP contribution in [0.2, 0.25) is 0 Å². The van der Waals surface area contributed by atoms with E-state index < -0.39 is 5.97 Å². The van der Waals surface area contributed by atoms with Crippen molar-refractivity contribution in [3.63, 3.8) is 0 Å². The predicted octanol–water partition coefficient (Wildman–Crippen LogP) is 5.62. The van der Waals surface area contributed by atoms with Gasteiger partial charge in [-0.3, -0.25) is 0 Å². The van der Waals surface area contributed by atoms with E-state index in [0.717, 1.165) is 37.0 Å². The Balaban J connectivity index is 1.56. The number of aliphatic hydroxyl groups is 1. The first kappa shape index (κ1) is 21.4. The summed E-state index contributed by atoms with van der Waals surface area (Å²) in [5.74, 6) is -0.301. The molecule has 1 aromatic carbocycles. The van der Waals surface area contributed by atoms with Crippen molar-refractivity contribution in [3.05, 3.63) is 56.8 Å². The first-order valence-electron chi connectivity index (χ1n) is 10.0. The summed E-state index contributed by atoms with van der Waals surface area (Å²) in [5, 5.41) is 19.6. The highest BCUT2D eigenvalue weighted by Gasteiger charge is 2.40. The number of halogens is 1. The molecule has 2 aromatic rings. The second-order valence-corrected chi connectivity index (χ2v) is 9.87. The molecule has 1 fully saturated rings. The topological polar surface area (TPSA) is 57.5 Å². The maximum Gasteiger partial charge on any atom is 0.345 e. The molecule has 0 spiro atoms. The van der Waals surface area contributed by atoms with Gasteiger partial charge >= 0.3 is 5.97 Å². The fourth-order valence-corrected chi connectivity index (χ4v) is 6.00. The van der Waals surface area contributed by atoms with Gasteiger partial charge in [0.15, 0.2) is 0 Å². The molecule has 1 unspecified atom stereocenters. The van der Waals surface area contributed by atoms with Gasteiger partial charge < -0.3 is 10.2 Å². The summed E-state index contributed by atoms with van der Waals surface area (Å²) in [5.41, 5.74) is 3.90. The Labute approximate surface area is 176 Å². The van der Waals surface area contributed by atoms with E-state index in [4.69, 9.17) is 16.7 Å². The normalized spacial score (nSPS) is 24.6. The molecule has 0 radical (unpaired) electrons. The number of aryl methyl sites for hydroxylation is 4. The molecule has 3 nitrogen and oxygen atoms in total. The smallest absolute Gasteiger partial charge is 0.345 e. The summed E-state index contributed by atoms with van der Waals surface area (Å²) >= 11 is 7.95. The molecule has 0 saturated heterocycles. The van der Waals surface area contributed by atoms with Gasteiger partial charge in [0.1, 0.15) is 4.88 Å². The lowest BCUT2D eigenvalue weighted by atomic mass is 9.85. The van der Waals surface area contributed by atoms with Crippen molar-refractivity contribution in [2.45, 2.75) is 63.9 Å². The van der Waals surface area contributed by atoms with Crippen molar-refractivity contribution in [1.82, 2.24) is 0 Å². The average Bonchev–Trinajstić information content (AvgIpc) is 3.18. The Kier molecular flexibility index (Phi) is 7.19. The first-order valence-corrected chi connectivity index (χ1v) is 11.3. The molecule has 4 atom stereocenters. The lowest BCUT2D eigenvalue weighted by molar-refractivity contribution is 0.0702. The molecule has 2 N–H and O–H groups in total. The van der Waals surface area contributed by atoms with Crippen molar-refractivity contribution in [2.24, 2.45) is 11.8 Å². The average molecular weight is 421 g/mol. The minimum absolute atomic E-state index is 0.0251. The highest BCUT2D eigenvalue weighted by atomic mass is 35.5. The van der Waals surface area contributed by atoms with E-state index in [0.29, 0.717) is 17.2 Å². The molecule has 1 aliphatic rings. The Morgan fingerprint density at radius 1 is 1.11 bits per heavy atom. The number of hydrogen-bond acceptors (Lipinski definition) is 3. The summed E-state index contributed by atoms with van der Waals surface area (Å²) in [4.78, 5) is 12.5. The zero-order valence-electron chi connectivity index (χ0n) is 16.5. The minimum atomic E-state index is -0.859. The maximum atomic E-state index is 11.0. The fraction of sp³-hybridized carbons (Fsp3) is 0.522. The molecule has 1 saturated carbocycles. The molecular formula is C23H29ClO3S. The molecule has 0 aliphatic heterocycles. The zero-order chi connectivity index (χ0) is 20.3. The van der Waals surface area contributed by atoms with Crippen LogP contribution in [-0.2, 0) is 12.8 Å². The van der Waals surface area contributed by atoms with E-state index in [9.17, 15) is 9.90 Å². The van der Waals surface area contributed by atoms with Crippen molar-refractivity contribution in [1.29, 1.82) is 0 Å². The summed E-state index contributed by atoms with van der Waals surface area (Å²) in [6.07, 6.45) is 5.10. The second kappa shape index (κ2) is 9.43. The van der Waals surface area contributed by atoms with E-state index in [-0.39, 0.29) is 17.4 Å². The second-order valence-electron chi connectivity index (χ2n) is 8.14. The lowest BCUT2D eigenvalue weighted by Crippen LogP contribution is -2.21. The largest absolute Gasteiger partial charge is 0.477 e. The van der Waals surface area contributed by atoms with Crippen LogP contribution in [0.3, 0.4) is 0 Å². The van der Waals surface area contributed by atoms with Gasteiger partial charge in [-0.15, -0.1) is 22.9 Å². The van der Waals surface area contributed by atoms with Crippen molar-refractivity contribution in [2.75, 3.05) is 0 Å². The summed E-state index contributed by atoms with van der Waals surface area (Å²) < 4.78 is 0. The van der Waals surface area contributed by atoms with E-state index >= 15 is 0 Å². The minimum Gasteiger partial charge on any atom is -0.477 e. The van der Waals surface area contributed by atoms with Gasteiger partial charge in [0.25, 0.3) is 0 Å². The number of aliphatic hydroxyl groups excluding tert-OH is 1. The van der Waals surface area contributed by atoms with Crippen LogP contribution in [0.4, 0.5) is 0 Å². The van der Waals surface area contributed by atoms with Crippen LogP contribution < -0.4 is 0 Å². The molecule has 28 heavy (non-hydrogen) atoms. The molecule has 1 heterocycles. The van der Waals surface area contributed by atoms with E-state index in [1.807, 2.05) is 6.07 Å². The van der Waals surface area contributed by atoms with Crippen LogP contribution in [0.15, 0.2) is 30.3 Å². The van der Waals surface area contributed by atoms with Gasteiger partial charge in [-0.05, 0) is 81.9 Å². The number of hydrogen-bond donors (Lipinski definition) is 2. The zero-order valence-corrected chi connectivity index (χ0v) is 18.1. The molecule has 1 aromatic heterocycles. The van der Waals surface area contributed by atoms with Crippen LogP contribution in [0, 0.1) is 25.7 Å². The quantitative estimate of drug-likeness (QED) is 0.544. The van der Waals surface area contributed by atoms with E-state index in [2.05, 4.69) is 32.0 Å². The Morgan fingerprint density at radius 3 is 2.46 bits per heavy atom. The van der Waals surface area contributed by atoms with Crippen LogP contribution in [0.5, 0.6) is 0 Å². The number of alkyl halides is 1.